The lowest BCUT2D eigenvalue weighted by Gasteiger charge is -2.18. The van der Waals surface area contributed by atoms with E-state index in [2.05, 4.69) is 5.32 Å². The van der Waals surface area contributed by atoms with E-state index in [1.807, 2.05) is 0 Å². The third-order valence-electron chi connectivity index (χ3n) is 5.02. The average molecular weight is 460 g/mol. The number of hydrogen-bond acceptors (Lipinski definition) is 4. The van der Waals surface area contributed by atoms with Gasteiger partial charge in [-0.3, -0.25) is 9.59 Å². The molecular weight excluding hydrogens is 446 g/mol. The molecule has 2 aromatic carbocycles. The Hall–Kier alpha value is -3.44. The molecule has 1 unspecified atom stereocenters. The summed E-state index contributed by atoms with van der Waals surface area (Å²) in [6.07, 6.45) is -10.3. The van der Waals surface area contributed by atoms with E-state index in [1.54, 1.807) is 18.2 Å². The molecule has 0 aliphatic carbocycles. The van der Waals surface area contributed by atoms with Crippen LogP contribution in [0.5, 0.6) is 11.5 Å². The molecule has 0 radical (unpaired) electrons. The Morgan fingerprint density at radius 2 is 1.56 bits per heavy atom. The van der Waals surface area contributed by atoms with E-state index in [-0.39, 0.29) is 25.8 Å². The fourth-order valence-corrected chi connectivity index (χ4v) is 3.46. The maximum absolute atomic E-state index is 13.0. The maximum atomic E-state index is 13.0. The van der Waals surface area contributed by atoms with Crippen molar-refractivity contribution in [1.82, 2.24) is 0 Å². The lowest BCUT2D eigenvalue weighted by Crippen LogP contribution is -2.28. The highest BCUT2D eigenvalue weighted by molar-refractivity contribution is 6.03. The number of benzene rings is 2. The smallest absolute Gasteiger partial charge is 0.416 e. The molecule has 2 amide bonds. The van der Waals surface area contributed by atoms with Crippen molar-refractivity contribution in [2.45, 2.75) is 18.8 Å². The molecule has 1 saturated heterocycles. The van der Waals surface area contributed by atoms with E-state index in [9.17, 15) is 35.9 Å². The van der Waals surface area contributed by atoms with Crippen LogP contribution in [0.1, 0.15) is 17.5 Å². The minimum Gasteiger partial charge on any atom is -0.454 e. The van der Waals surface area contributed by atoms with E-state index < -0.39 is 46.9 Å². The monoisotopic (exact) mass is 460 g/mol. The molecular formula is C20H14F6N2O4. The quantitative estimate of drug-likeness (QED) is 0.688. The number of ether oxygens (including phenoxy) is 2. The van der Waals surface area contributed by atoms with Crippen molar-refractivity contribution in [3.8, 4) is 11.5 Å². The molecule has 4 rings (SSSR count). The molecule has 6 nitrogen and oxygen atoms in total. The summed E-state index contributed by atoms with van der Waals surface area (Å²) in [5.74, 6) is -1.37. The van der Waals surface area contributed by atoms with Crippen molar-refractivity contribution in [1.29, 1.82) is 0 Å². The van der Waals surface area contributed by atoms with Gasteiger partial charge < -0.3 is 19.7 Å². The van der Waals surface area contributed by atoms with Gasteiger partial charge in [-0.05, 0) is 30.3 Å². The first-order chi connectivity index (χ1) is 14.9. The normalized spacial score (nSPS) is 18.2. The van der Waals surface area contributed by atoms with Crippen LogP contribution in [0.2, 0.25) is 0 Å². The molecule has 2 aromatic rings. The molecule has 0 saturated carbocycles. The number of alkyl halides is 6. The molecule has 12 heteroatoms. The van der Waals surface area contributed by atoms with Gasteiger partial charge in [-0.1, -0.05) is 0 Å². The Labute approximate surface area is 176 Å². The zero-order valence-electron chi connectivity index (χ0n) is 16.0. The number of anilines is 2. The molecule has 170 valence electrons. The zero-order chi connectivity index (χ0) is 23.3. The molecule has 2 heterocycles. The van der Waals surface area contributed by atoms with Gasteiger partial charge in [0.15, 0.2) is 11.5 Å². The Bertz CT molecular complexity index is 1050. The van der Waals surface area contributed by atoms with E-state index >= 15 is 0 Å². The molecule has 0 spiro atoms. The number of carbonyl (C=O) groups is 2. The van der Waals surface area contributed by atoms with Crippen molar-refractivity contribution in [3.05, 3.63) is 47.5 Å². The van der Waals surface area contributed by atoms with E-state index in [4.69, 9.17) is 9.47 Å². The predicted molar refractivity (Wildman–Crippen MR) is 98.1 cm³/mol. The van der Waals surface area contributed by atoms with Crippen LogP contribution < -0.4 is 19.7 Å². The SMILES string of the molecule is O=C(Nc1cc(C(F)(F)F)cc(C(F)(F)F)c1)C1CC(=O)N(c2ccc3c(c2)OCO3)C1. The number of nitrogens with zero attached hydrogens (tertiary/aromatic N) is 1. The number of hydrogen-bond donors (Lipinski definition) is 1. The molecule has 1 atom stereocenters. The summed E-state index contributed by atoms with van der Waals surface area (Å²) in [5, 5.41) is 2.08. The van der Waals surface area contributed by atoms with Gasteiger partial charge in [-0.15, -0.1) is 0 Å². The largest absolute Gasteiger partial charge is 0.454 e. The summed E-state index contributed by atoms with van der Waals surface area (Å²) >= 11 is 0. The van der Waals surface area contributed by atoms with Gasteiger partial charge in [0, 0.05) is 30.4 Å². The van der Waals surface area contributed by atoms with Crippen LogP contribution in [-0.4, -0.2) is 25.2 Å². The van der Waals surface area contributed by atoms with Gasteiger partial charge in [0.2, 0.25) is 18.6 Å². The minimum absolute atomic E-state index is 0.0225. The Morgan fingerprint density at radius 1 is 0.938 bits per heavy atom. The van der Waals surface area contributed by atoms with Gasteiger partial charge in [0.05, 0.1) is 17.0 Å². The summed E-state index contributed by atoms with van der Waals surface area (Å²) in [5.41, 5.74) is -3.33. The van der Waals surface area contributed by atoms with E-state index in [0.717, 1.165) is 0 Å². The van der Waals surface area contributed by atoms with Crippen LogP contribution in [0, 0.1) is 5.92 Å². The van der Waals surface area contributed by atoms with Crippen LogP contribution in [-0.2, 0) is 21.9 Å². The number of carbonyl (C=O) groups excluding carboxylic acids is 2. The summed E-state index contributed by atoms with van der Waals surface area (Å²) in [7, 11) is 0. The third-order valence-corrected chi connectivity index (χ3v) is 5.02. The second kappa shape index (κ2) is 7.61. The second-order valence-electron chi connectivity index (χ2n) is 7.23. The highest BCUT2D eigenvalue weighted by Gasteiger charge is 2.39. The van der Waals surface area contributed by atoms with E-state index in [0.29, 0.717) is 29.3 Å². The topological polar surface area (TPSA) is 67.9 Å². The van der Waals surface area contributed by atoms with Crippen molar-refractivity contribution >= 4 is 23.2 Å². The standard InChI is InChI=1S/C20H14F6N2O4/c21-19(22,23)11-4-12(20(24,25)26)6-13(5-11)27-18(30)10-3-17(29)28(8-10)14-1-2-15-16(7-14)32-9-31-15/h1-2,4-7,10H,3,8-9H2,(H,27,30). The number of rotatable bonds is 3. The Balaban J connectivity index is 1.53. The van der Waals surface area contributed by atoms with Crippen molar-refractivity contribution < 1.29 is 45.4 Å². The maximum Gasteiger partial charge on any atom is 0.416 e. The first-order valence-electron chi connectivity index (χ1n) is 9.22. The molecule has 2 aliphatic rings. The fraction of sp³-hybridized carbons (Fsp3) is 0.300. The van der Waals surface area contributed by atoms with Crippen LogP contribution in [0.15, 0.2) is 36.4 Å². The summed E-state index contributed by atoms with van der Waals surface area (Å²) in [6, 6.07) is 5.51. The van der Waals surface area contributed by atoms with Gasteiger partial charge in [-0.25, -0.2) is 0 Å². The van der Waals surface area contributed by atoms with Crippen molar-refractivity contribution in [2.75, 3.05) is 23.6 Å². The van der Waals surface area contributed by atoms with Crippen LogP contribution >= 0.6 is 0 Å². The van der Waals surface area contributed by atoms with Gasteiger partial charge >= 0.3 is 12.4 Å². The number of amides is 2. The number of halogens is 6. The van der Waals surface area contributed by atoms with Crippen molar-refractivity contribution in [2.24, 2.45) is 5.92 Å². The average Bonchev–Trinajstić information content (AvgIpc) is 3.32. The van der Waals surface area contributed by atoms with E-state index in [1.165, 1.54) is 4.90 Å². The lowest BCUT2D eigenvalue weighted by atomic mass is 10.1. The number of nitrogens with one attached hydrogen (secondary N) is 1. The molecule has 1 N–H and O–H groups in total. The summed E-state index contributed by atoms with van der Waals surface area (Å²) in [6.45, 7) is -0.0793. The molecule has 1 fully saturated rings. The molecule has 0 aromatic heterocycles. The molecule has 2 aliphatic heterocycles. The van der Waals surface area contributed by atoms with Crippen molar-refractivity contribution in [3.63, 3.8) is 0 Å². The fourth-order valence-electron chi connectivity index (χ4n) is 3.46. The van der Waals surface area contributed by atoms with Crippen LogP contribution in [0.4, 0.5) is 37.7 Å². The lowest BCUT2D eigenvalue weighted by molar-refractivity contribution is -0.143. The first kappa shape index (κ1) is 21.8. The Morgan fingerprint density at radius 3 is 2.19 bits per heavy atom. The van der Waals surface area contributed by atoms with Gasteiger partial charge in [0.25, 0.3) is 0 Å². The van der Waals surface area contributed by atoms with Gasteiger partial charge in [-0.2, -0.15) is 26.3 Å². The highest BCUT2D eigenvalue weighted by Crippen LogP contribution is 2.39. The summed E-state index contributed by atoms with van der Waals surface area (Å²) in [4.78, 5) is 26.2. The highest BCUT2D eigenvalue weighted by atomic mass is 19.4. The molecule has 0 bridgehead atoms. The minimum atomic E-state index is -5.04. The first-order valence-corrected chi connectivity index (χ1v) is 9.22. The number of fused-ring (bicyclic) bond motifs is 1. The predicted octanol–water partition coefficient (Wildman–Crippen LogP) is 4.44. The third kappa shape index (κ3) is 4.30. The van der Waals surface area contributed by atoms with Gasteiger partial charge in [0.1, 0.15) is 0 Å². The van der Waals surface area contributed by atoms with Crippen LogP contribution in [0.25, 0.3) is 0 Å². The zero-order valence-corrected chi connectivity index (χ0v) is 16.0. The van der Waals surface area contributed by atoms with Crippen LogP contribution in [0.3, 0.4) is 0 Å². The summed E-state index contributed by atoms with van der Waals surface area (Å²) < 4.78 is 88.5. The second-order valence-corrected chi connectivity index (χ2v) is 7.23. The Kier molecular flexibility index (Phi) is 5.18. The molecule has 32 heavy (non-hydrogen) atoms.